The van der Waals surface area contributed by atoms with Crippen molar-refractivity contribution in [3.8, 4) is 5.75 Å². The predicted octanol–water partition coefficient (Wildman–Crippen LogP) is 3.28. The molecule has 218 valence electrons. The van der Waals surface area contributed by atoms with E-state index in [1.54, 1.807) is 7.11 Å². The molecule has 0 atom stereocenters. The topological polar surface area (TPSA) is 188 Å². The fourth-order valence-electron chi connectivity index (χ4n) is 3.19. The lowest BCUT2D eigenvalue weighted by Crippen LogP contribution is -2.28. The number of nitro benzene ring substituents is 2. The van der Waals surface area contributed by atoms with Gasteiger partial charge in [-0.15, -0.1) is 0 Å². The Bertz CT molecular complexity index is 1010. The van der Waals surface area contributed by atoms with Crippen LogP contribution in [0.2, 0.25) is 0 Å². The van der Waals surface area contributed by atoms with Crippen molar-refractivity contribution >= 4 is 28.4 Å². The molecule has 4 N–H and O–H groups in total. The first-order valence-electron chi connectivity index (χ1n) is 12.4. The molecular formula is C25H39N5O9. The van der Waals surface area contributed by atoms with Gasteiger partial charge in [-0.2, -0.15) is 0 Å². The number of rotatable bonds is 18. The minimum Gasteiger partial charge on any atom is -0.495 e. The maximum Gasteiger partial charge on any atom is 0.298 e. The number of methoxy groups -OCH3 is 1. The Morgan fingerprint density at radius 1 is 0.795 bits per heavy atom. The van der Waals surface area contributed by atoms with Gasteiger partial charge in [0.1, 0.15) is 11.4 Å². The van der Waals surface area contributed by atoms with Crippen LogP contribution in [-0.4, -0.2) is 82.9 Å². The molecule has 14 heteroatoms. The van der Waals surface area contributed by atoms with Gasteiger partial charge in [0.2, 0.25) is 0 Å². The number of hydrogen-bond acceptors (Lipinski definition) is 12. The first-order valence-corrected chi connectivity index (χ1v) is 12.4. The Morgan fingerprint density at radius 2 is 1.38 bits per heavy atom. The first-order chi connectivity index (χ1) is 18.7. The molecule has 2 rings (SSSR count). The van der Waals surface area contributed by atoms with Crippen LogP contribution in [-0.2, 0) is 18.9 Å². The second kappa shape index (κ2) is 19.4. The minimum atomic E-state index is -0.762. The van der Waals surface area contributed by atoms with E-state index in [4.69, 9.17) is 35.2 Å². The lowest BCUT2D eigenvalue weighted by Gasteiger charge is -2.25. The summed E-state index contributed by atoms with van der Waals surface area (Å²) in [4.78, 5) is 21.3. The Hall–Kier alpha value is -3.72. The summed E-state index contributed by atoms with van der Waals surface area (Å²) in [7, 11) is 1.65. The Labute approximate surface area is 228 Å². The molecule has 0 saturated carbocycles. The molecule has 0 radical (unpaired) electrons. The van der Waals surface area contributed by atoms with E-state index in [-0.39, 0.29) is 11.4 Å². The zero-order valence-corrected chi connectivity index (χ0v) is 22.7. The smallest absolute Gasteiger partial charge is 0.298 e. The highest BCUT2D eigenvalue weighted by molar-refractivity contribution is 5.64. The Balaban J connectivity index is 0.000000487. The number of benzene rings is 2. The lowest BCUT2D eigenvalue weighted by molar-refractivity contribution is -0.393. The normalized spacial score (nSPS) is 10.4. The van der Waals surface area contributed by atoms with Crippen molar-refractivity contribution in [2.45, 2.75) is 13.8 Å². The molecule has 0 fully saturated rings. The van der Waals surface area contributed by atoms with Crippen LogP contribution in [0.4, 0.5) is 28.4 Å². The predicted molar refractivity (Wildman–Crippen MR) is 148 cm³/mol. The second-order valence-electron chi connectivity index (χ2n) is 7.80. The van der Waals surface area contributed by atoms with Crippen LogP contribution in [0.15, 0.2) is 36.4 Å². The molecule has 0 saturated heterocycles. The van der Waals surface area contributed by atoms with Crippen LogP contribution in [0.3, 0.4) is 0 Å². The van der Waals surface area contributed by atoms with Crippen molar-refractivity contribution in [1.29, 1.82) is 0 Å². The highest BCUT2D eigenvalue weighted by atomic mass is 16.6. The zero-order valence-electron chi connectivity index (χ0n) is 22.7. The van der Waals surface area contributed by atoms with E-state index in [2.05, 4.69) is 11.8 Å². The first kappa shape index (κ1) is 33.3. The van der Waals surface area contributed by atoms with Gasteiger partial charge in [-0.3, -0.25) is 20.2 Å². The Kier molecular flexibility index (Phi) is 16.5. The van der Waals surface area contributed by atoms with Gasteiger partial charge in [0, 0.05) is 37.5 Å². The lowest BCUT2D eigenvalue weighted by atomic mass is 10.2. The number of nitrogens with zero attached hydrogens (tertiary/aromatic N) is 3. The molecule has 0 unspecified atom stereocenters. The average Bonchev–Trinajstić information content (AvgIpc) is 2.92. The number of nitro groups is 2. The third kappa shape index (κ3) is 13.1. The van der Waals surface area contributed by atoms with Gasteiger partial charge in [0.25, 0.3) is 11.4 Å². The van der Waals surface area contributed by atoms with Crippen LogP contribution >= 0.6 is 0 Å². The molecule has 0 aliphatic rings. The number of nitrogens with two attached hydrogens (primary N) is 2. The van der Waals surface area contributed by atoms with E-state index in [0.29, 0.717) is 51.9 Å². The van der Waals surface area contributed by atoms with Gasteiger partial charge in [0.05, 0.1) is 75.0 Å². The van der Waals surface area contributed by atoms with Crippen LogP contribution < -0.4 is 21.1 Å². The molecule has 0 spiro atoms. The van der Waals surface area contributed by atoms with Crippen molar-refractivity contribution in [3.05, 3.63) is 56.6 Å². The van der Waals surface area contributed by atoms with E-state index < -0.39 is 15.5 Å². The summed E-state index contributed by atoms with van der Waals surface area (Å²) in [5.41, 5.74) is 11.9. The molecule has 14 nitrogen and oxygen atoms in total. The average molecular weight is 554 g/mol. The molecule has 2 aromatic carbocycles. The summed E-state index contributed by atoms with van der Waals surface area (Å²) < 4.78 is 27.1. The van der Waals surface area contributed by atoms with Crippen molar-refractivity contribution in [1.82, 2.24) is 0 Å². The maximum absolute atomic E-state index is 10.3. The van der Waals surface area contributed by atoms with Crippen LogP contribution in [0, 0.1) is 20.2 Å². The van der Waals surface area contributed by atoms with E-state index in [0.717, 1.165) is 49.3 Å². The summed E-state index contributed by atoms with van der Waals surface area (Å²) in [5, 5.41) is 20.5. The van der Waals surface area contributed by atoms with Gasteiger partial charge >= 0.3 is 0 Å². The highest BCUT2D eigenvalue weighted by Crippen LogP contribution is 2.30. The molecule has 0 aromatic heterocycles. The molecule has 0 bridgehead atoms. The number of non-ortho nitro benzene ring substituents is 1. The number of ether oxygens (including phenoxy) is 5. The molecule has 0 amide bonds. The van der Waals surface area contributed by atoms with Crippen molar-refractivity contribution in [3.63, 3.8) is 0 Å². The molecule has 0 aliphatic carbocycles. The fourth-order valence-corrected chi connectivity index (χ4v) is 3.19. The second-order valence-corrected chi connectivity index (χ2v) is 7.80. The van der Waals surface area contributed by atoms with Gasteiger partial charge in [-0.1, -0.05) is 0 Å². The maximum atomic E-state index is 10.3. The summed E-state index contributed by atoms with van der Waals surface area (Å²) in [6, 6.07) is 8.77. The highest BCUT2D eigenvalue weighted by Gasteiger charge is 2.17. The van der Waals surface area contributed by atoms with Gasteiger partial charge in [-0.05, 0) is 32.0 Å². The number of hydrogen-bond donors (Lipinski definition) is 2. The summed E-state index contributed by atoms with van der Waals surface area (Å²) in [5.74, 6) is 0.777. The largest absolute Gasteiger partial charge is 0.495 e. The van der Waals surface area contributed by atoms with Crippen LogP contribution in [0.25, 0.3) is 0 Å². The molecule has 39 heavy (non-hydrogen) atoms. The Morgan fingerprint density at radius 3 is 1.90 bits per heavy atom. The molecular weight excluding hydrogens is 514 g/mol. The van der Waals surface area contributed by atoms with E-state index >= 15 is 0 Å². The molecule has 0 aliphatic heterocycles. The van der Waals surface area contributed by atoms with Gasteiger partial charge < -0.3 is 40.1 Å². The quantitative estimate of drug-likeness (QED) is 0.119. The minimum absolute atomic E-state index is 0.0874. The van der Waals surface area contributed by atoms with Crippen LogP contribution in [0.5, 0.6) is 5.75 Å². The van der Waals surface area contributed by atoms with Crippen molar-refractivity contribution in [2.24, 2.45) is 0 Å². The third-order valence-electron chi connectivity index (χ3n) is 5.17. The standard InChI is InChI=1S/C19H34N2O5.C6H5N3O4/c1-4-21(18-7-6-17(20)16-19(18)22-3)8-9-24-12-13-26-15-14-25-11-10-23-5-2;7-5-2-1-4(8(10)11)3-6(5)9(12)13/h6-7,16H,4-5,8-15,20H2,1-3H3;1-3H,7H2. The summed E-state index contributed by atoms with van der Waals surface area (Å²) in [6.45, 7) is 10.6. The fraction of sp³-hybridized carbons (Fsp3) is 0.520. The van der Waals surface area contributed by atoms with Crippen LogP contribution in [0.1, 0.15) is 13.8 Å². The van der Waals surface area contributed by atoms with E-state index in [1.165, 1.54) is 0 Å². The summed E-state index contributed by atoms with van der Waals surface area (Å²) >= 11 is 0. The molecule has 0 heterocycles. The number of anilines is 3. The number of likely N-dealkylation sites (N-methyl/N-ethyl adjacent to an activating group) is 1. The van der Waals surface area contributed by atoms with Gasteiger partial charge in [-0.25, -0.2) is 0 Å². The zero-order chi connectivity index (χ0) is 29.0. The third-order valence-corrected chi connectivity index (χ3v) is 5.17. The van der Waals surface area contributed by atoms with Crippen molar-refractivity contribution in [2.75, 3.05) is 89.4 Å². The van der Waals surface area contributed by atoms with E-state index in [1.807, 2.05) is 25.1 Å². The molecule has 2 aromatic rings. The monoisotopic (exact) mass is 553 g/mol. The SMILES string of the molecule is CCOCCOCCOCCOCCN(CC)c1ccc(N)cc1OC.Nc1ccc([N+](=O)[O-])cc1[N+](=O)[O-]. The number of nitrogen functional groups attached to an aromatic ring is 2. The van der Waals surface area contributed by atoms with E-state index in [9.17, 15) is 20.2 Å². The summed E-state index contributed by atoms with van der Waals surface area (Å²) in [6.07, 6.45) is 0. The van der Waals surface area contributed by atoms with Crippen molar-refractivity contribution < 1.29 is 33.5 Å². The van der Waals surface area contributed by atoms with Gasteiger partial charge in [0.15, 0.2) is 0 Å².